The van der Waals surface area contributed by atoms with Crippen molar-refractivity contribution in [1.82, 2.24) is 9.55 Å². The first-order valence-electron chi connectivity index (χ1n) is 7.93. The Morgan fingerprint density at radius 1 is 1.45 bits per heavy atom. The maximum absolute atomic E-state index is 10.8. The highest BCUT2D eigenvalue weighted by molar-refractivity contribution is 5.01. The van der Waals surface area contributed by atoms with Crippen molar-refractivity contribution < 1.29 is 9.84 Å². The number of ether oxygens (including phenoxy) is 1. The molecular weight excluding hydrogens is 252 g/mol. The molecule has 1 aliphatic rings. The topological polar surface area (TPSA) is 47.3 Å². The van der Waals surface area contributed by atoms with Gasteiger partial charge < -0.3 is 14.4 Å². The van der Waals surface area contributed by atoms with Gasteiger partial charge in [-0.2, -0.15) is 0 Å². The lowest BCUT2D eigenvalue weighted by atomic mass is 9.75. The zero-order chi connectivity index (χ0) is 14.6. The van der Waals surface area contributed by atoms with Gasteiger partial charge in [0.05, 0.1) is 11.7 Å². The normalized spacial score (nSPS) is 28.5. The fourth-order valence-corrected chi connectivity index (χ4v) is 3.29. The van der Waals surface area contributed by atoms with E-state index >= 15 is 0 Å². The average molecular weight is 280 g/mol. The second kappa shape index (κ2) is 6.72. The van der Waals surface area contributed by atoms with Crippen molar-refractivity contribution in [1.29, 1.82) is 0 Å². The van der Waals surface area contributed by atoms with Gasteiger partial charge in [0.2, 0.25) is 0 Å². The summed E-state index contributed by atoms with van der Waals surface area (Å²) in [6.45, 7) is 7.94. The van der Waals surface area contributed by atoms with E-state index in [9.17, 15) is 5.11 Å². The van der Waals surface area contributed by atoms with Gasteiger partial charge in [-0.1, -0.05) is 6.92 Å². The van der Waals surface area contributed by atoms with Crippen LogP contribution in [0.25, 0.3) is 0 Å². The summed E-state index contributed by atoms with van der Waals surface area (Å²) in [4.78, 5) is 4.38. The number of aromatic nitrogens is 2. The van der Waals surface area contributed by atoms with Crippen LogP contribution in [0.1, 0.15) is 52.3 Å². The van der Waals surface area contributed by atoms with Crippen LogP contribution in [0.5, 0.6) is 0 Å². The fraction of sp³-hybridized carbons (Fsp3) is 0.812. The number of rotatable bonds is 6. The van der Waals surface area contributed by atoms with Gasteiger partial charge in [0, 0.05) is 32.0 Å². The van der Waals surface area contributed by atoms with Crippen LogP contribution in [0.3, 0.4) is 0 Å². The van der Waals surface area contributed by atoms with Crippen LogP contribution in [0, 0.1) is 5.92 Å². The predicted octanol–water partition coefficient (Wildman–Crippen LogP) is 2.79. The molecule has 0 aliphatic heterocycles. The number of hydrogen-bond acceptors (Lipinski definition) is 3. The molecule has 1 fully saturated rings. The van der Waals surface area contributed by atoms with Gasteiger partial charge in [0.1, 0.15) is 5.82 Å². The third-order valence-corrected chi connectivity index (χ3v) is 4.68. The maximum atomic E-state index is 10.8. The van der Waals surface area contributed by atoms with Crippen molar-refractivity contribution in [3.63, 3.8) is 0 Å². The lowest BCUT2D eigenvalue weighted by Crippen LogP contribution is -2.49. The molecule has 0 spiro atoms. The van der Waals surface area contributed by atoms with E-state index in [1.54, 1.807) is 0 Å². The molecule has 0 aromatic carbocycles. The van der Waals surface area contributed by atoms with Gasteiger partial charge in [0.15, 0.2) is 0 Å². The summed E-state index contributed by atoms with van der Waals surface area (Å²) < 4.78 is 8.11. The van der Waals surface area contributed by atoms with Crippen LogP contribution >= 0.6 is 0 Å². The summed E-state index contributed by atoms with van der Waals surface area (Å²) in [5.74, 6) is 1.70. The average Bonchev–Trinajstić information content (AvgIpc) is 2.89. The Morgan fingerprint density at radius 2 is 2.15 bits per heavy atom. The molecule has 1 saturated carbocycles. The van der Waals surface area contributed by atoms with Crippen LogP contribution in [-0.2, 0) is 17.7 Å². The van der Waals surface area contributed by atoms with Crippen LogP contribution in [0.4, 0.5) is 0 Å². The Bertz CT molecular complexity index is 408. The highest BCUT2D eigenvalue weighted by Gasteiger charge is 2.41. The van der Waals surface area contributed by atoms with Crippen LogP contribution in [0.2, 0.25) is 0 Å². The number of nitrogens with zero attached hydrogens (tertiary/aromatic N) is 2. The molecule has 1 N–H and O–H groups in total. The highest BCUT2D eigenvalue weighted by Crippen LogP contribution is 2.38. The zero-order valence-electron chi connectivity index (χ0n) is 13.0. The molecule has 1 unspecified atom stereocenters. The van der Waals surface area contributed by atoms with Gasteiger partial charge in [0.25, 0.3) is 0 Å². The molecule has 0 bridgehead atoms. The van der Waals surface area contributed by atoms with Gasteiger partial charge in [-0.05, 0) is 45.4 Å². The van der Waals surface area contributed by atoms with Crippen molar-refractivity contribution in [3.8, 4) is 0 Å². The molecule has 4 nitrogen and oxygen atoms in total. The second-order valence-corrected chi connectivity index (χ2v) is 6.03. The Kier molecular flexibility index (Phi) is 5.22. The van der Waals surface area contributed by atoms with Crippen LogP contribution in [-0.4, -0.2) is 33.0 Å². The van der Waals surface area contributed by atoms with Crippen molar-refractivity contribution >= 4 is 0 Å². The van der Waals surface area contributed by atoms with Gasteiger partial charge in [-0.15, -0.1) is 0 Å². The first kappa shape index (κ1) is 15.5. The summed E-state index contributed by atoms with van der Waals surface area (Å²) in [6, 6.07) is 0. The van der Waals surface area contributed by atoms with Crippen LogP contribution in [0.15, 0.2) is 12.4 Å². The Hall–Kier alpha value is -0.870. The quantitative estimate of drug-likeness (QED) is 0.871. The molecule has 1 atom stereocenters. The molecular formula is C16H28N2O2. The molecule has 2 rings (SSSR count). The molecule has 1 aromatic heterocycles. The first-order valence-corrected chi connectivity index (χ1v) is 7.93. The SMILES string of the molecule is CCOC1(C(O)Cc2nccn2CC)CCC(C)CC1. The van der Waals surface area contributed by atoms with Crippen molar-refractivity contribution in [3.05, 3.63) is 18.2 Å². The molecule has 0 amide bonds. The van der Waals surface area contributed by atoms with Gasteiger partial charge in [-0.25, -0.2) is 4.98 Å². The third-order valence-electron chi connectivity index (χ3n) is 4.68. The van der Waals surface area contributed by atoms with E-state index in [0.717, 1.165) is 44.0 Å². The zero-order valence-corrected chi connectivity index (χ0v) is 13.0. The summed E-state index contributed by atoms with van der Waals surface area (Å²) >= 11 is 0. The van der Waals surface area contributed by atoms with Gasteiger partial charge >= 0.3 is 0 Å². The van der Waals surface area contributed by atoms with E-state index in [2.05, 4.69) is 23.4 Å². The molecule has 1 aliphatic carbocycles. The van der Waals surface area contributed by atoms with E-state index in [0.29, 0.717) is 13.0 Å². The molecule has 0 saturated heterocycles. The highest BCUT2D eigenvalue weighted by atomic mass is 16.5. The summed E-state index contributed by atoms with van der Waals surface area (Å²) in [5, 5.41) is 10.8. The predicted molar refractivity (Wildman–Crippen MR) is 79.6 cm³/mol. The Balaban J connectivity index is 2.09. The summed E-state index contributed by atoms with van der Waals surface area (Å²) in [6.07, 6.45) is 8.07. The van der Waals surface area contributed by atoms with E-state index in [-0.39, 0.29) is 5.60 Å². The van der Waals surface area contributed by atoms with Crippen molar-refractivity contribution in [2.75, 3.05) is 6.61 Å². The minimum Gasteiger partial charge on any atom is -0.390 e. The molecule has 114 valence electrons. The minimum atomic E-state index is -0.470. The summed E-state index contributed by atoms with van der Waals surface area (Å²) in [7, 11) is 0. The largest absolute Gasteiger partial charge is 0.390 e. The van der Waals surface area contributed by atoms with Crippen LogP contribution < -0.4 is 0 Å². The van der Waals surface area contributed by atoms with E-state index in [4.69, 9.17) is 4.74 Å². The molecule has 1 heterocycles. The molecule has 1 aromatic rings. The molecule has 0 radical (unpaired) electrons. The third kappa shape index (κ3) is 3.23. The number of aliphatic hydroxyl groups excluding tert-OH is 1. The van der Waals surface area contributed by atoms with Gasteiger partial charge in [-0.3, -0.25) is 0 Å². The number of aryl methyl sites for hydroxylation is 1. The number of imidazole rings is 1. The fourth-order valence-electron chi connectivity index (χ4n) is 3.29. The first-order chi connectivity index (χ1) is 9.61. The number of hydrogen-bond donors (Lipinski definition) is 1. The standard InChI is InChI=1S/C16H28N2O2/c1-4-18-11-10-17-15(18)12-14(19)16(20-5-2)8-6-13(3)7-9-16/h10-11,13-14,19H,4-9,12H2,1-3H3. The summed E-state index contributed by atoms with van der Waals surface area (Å²) in [5.41, 5.74) is -0.369. The lowest BCUT2D eigenvalue weighted by molar-refractivity contribution is -0.144. The lowest BCUT2D eigenvalue weighted by Gasteiger charge is -2.42. The Morgan fingerprint density at radius 3 is 2.75 bits per heavy atom. The van der Waals surface area contributed by atoms with E-state index in [1.807, 2.05) is 19.3 Å². The molecule has 4 heteroatoms. The van der Waals surface area contributed by atoms with Crippen molar-refractivity contribution in [2.45, 2.75) is 71.1 Å². The maximum Gasteiger partial charge on any atom is 0.111 e. The van der Waals surface area contributed by atoms with E-state index < -0.39 is 6.10 Å². The van der Waals surface area contributed by atoms with Crippen molar-refractivity contribution in [2.24, 2.45) is 5.92 Å². The smallest absolute Gasteiger partial charge is 0.111 e. The number of aliphatic hydroxyl groups is 1. The Labute approximate surface area is 122 Å². The van der Waals surface area contributed by atoms with E-state index in [1.165, 1.54) is 0 Å². The monoisotopic (exact) mass is 280 g/mol. The molecule has 20 heavy (non-hydrogen) atoms. The minimum absolute atomic E-state index is 0.369. The second-order valence-electron chi connectivity index (χ2n) is 6.03.